The maximum absolute atomic E-state index is 11.1. The largest absolute Gasteiger partial charge is 0.481 e. The quantitative estimate of drug-likeness (QED) is 0.866. The van der Waals surface area contributed by atoms with Gasteiger partial charge in [-0.1, -0.05) is 6.07 Å². The Kier molecular flexibility index (Phi) is 4.96. The molecule has 0 spiro atoms. The van der Waals surface area contributed by atoms with Crippen LogP contribution in [0, 0.1) is 12.8 Å². The number of hydrogen-bond donors (Lipinski definition) is 2. The highest BCUT2D eigenvalue weighted by Gasteiger charge is 2.21. The average Bonchev–Trinajstić information content (AvgIpc) is 2.42. The van der Waals surface area contributed by atoms with Crippen LogP contribution >= 0.6 is 0 Å². The van der Waals surface area contributed by atoms with Gasteiger partial charge in [0.25, 0.3) is 0 Å². The van der Waals surface area contributed by atoms with Gasteiger partial charge < -0.3 is 10.8 Å². The van der Waals surface area contributed by atoms with Crippen LogP contribution in [0.1, 0.15) is 40.7 Å². The van der Waals surface area contributed by atoms with Crippen LogP contribution in [0.4, 0.5) is 0 Å². The third-order valence-electron chi connectivity index (χ3n) is 4.19. The fraction of sp³-hybridized carbons (Fsp3) is 0.500. The van der Waals surface area contributed by atoms with E-state index in [1.165, 1.54) is 5.56 Å². The van der Waals surface area contributed by atoms with E-state index >= 15 is 0 Å². The normalized spacial score (nSPS) is 16.8. The molecule has 1 heterocycles. The Balaban J connectivity index is 1.91. The number of aliphatic carboxylic acids is 1. The second-order valence-corrected chi connectivity index (χ2v) is 5.82. The standard InChI is InChI=1S/C16H22N2O3/c1-11-8-13(16(17)21)2-3-14(11)10-18-6-4-12(5-7-18)9-15(19)20/h2-3,8,12H,4-7,9-10H2,1H3,(H2,17,21)(H,19,20). The predicted octanol–water partition coefficient (Wildman–Crippen LogP) is 1.78. The summed E-state index contributed by atoms with van der Waals surface area (Å²) in [7, 11) is 0. The Morgan fingerprint density at radius 1 is 1.33 bits per heavy atom. The lowest BCUT2D eigenvalue weighted by atomic mass is 9.93. The number of benzene rings is 1. The van der Waals surface area contributed by atoms with Gasteiger partial charge in [-0.2, -0.15) is 0 Å². The van der Waals surface area contributed by atoms with Gasteiger partial charge in [-0.05, 0) is 62.0 Å². The number of rotatable bonds is 5. The van der Waals surface area contributed by atoms with Crippen molar-refractivity contribution in [1.29, 1.82) is 0 Å². The third kappa shape index (κ3) is 4.29. The molecule has 0 unspecified atom stereocenters. The van der Waals surface area contributed by atoms with Gasteiger partial charge in [0.1, 0.15) is 0 Å². The van der Waals surface area contributed by atoms with Gasteiger partial charge in [0.15, 0.2) is 0 Å². The lowest BCUT2D eigenvalue weighted by molar-refractivity contribution is -0.138. The molecule has 2 rings (SSSR count). The highest BCUT2D eigenvalue weighted by Crippen LogP contribution is 2.22. The molecule has 5 nitrogen and oxygen atoms in total. The van der Waals surface area contributed by atoms with Crippen molar-refractivity contribution in [3.05, 3.63) is 34.9 Å². The van der Waals surface area contributed by atoms with Crippen molar-refractivity contribution in [2.45, 2.75) is 32.7 Å². The van der Waals surface area contributed by atoms with E-state index in [2.05, 4.69) is 4.90 Å². The Hall–Kier alpha value is -1.88. The maximum Gasteiger partial charge on any atom is 0.303 e. The second kappa shape index (κ2) is 6.72. The summed E-state index contributed by atoms with van der Waals surface area (Å²) < 4.78 is 0. The van der Waals surface area contributed by atoms with Gasteiger partial charge in [0, 0.05) is 18.5 Å². The highest BCUT2D eigenvalue weighted by atomic mass is 16.4. The minimum Gasteiger partial charge on any atom is -0.481 e. The number of piperidine rings is 1. The first kappa shape index (κ1) is 15.5. The van der Waals surface area contributed by atoms with Crippen LogP contribution in [-0.2, 0) is 11.3 Å². The van der Waals surface area contributed by atoms with Crippen molar-refractivity contribution in [2.75, 3.05) is 13.1 Å². The molecule has 0 aromatic heterocycles. The fourth-order valence-electron chi connectivity index (χ4n) is 2.86. The van der Waals surface area contributed by atoms with Crippen LogP contribution in [-0.4, -0.2) is 35.0 Å². The van der Waals surface area contributed by atoms with Crippen LogP contribution < -0.4 is 5.73 Å². The molecule has 5 heteroatoms. The van der Waals surface area contributed by atoms with E-state index in [0.29, 0.717) is 11.5 Å². The molecular formula is C16H22N2O3. The molecule has 1 amide bonds. The van der Waals surface area contributed by atoms with Gasteiger partial charge >= 0.3 is 5.97 Å². The van der Waals surface area contributed by atoms with E-state index in [1.807, 2.05) is 19.1 Å². The predicted molar refractivity (Wildman–Crippen MR) is 80.0 cm³/mol. The van der Waals surface area contributed by atoms with Crippen LogP contribution in [0.3, 0.4) is 0 Å². The molecule has 21 heavy (non-hydrogen) atoms. The maximum atomic E-state index is 11.1. The number of aryl methyl sites for hydroxylation is 1. The van der Waals surface area contributed by atoms with Crippen molar-refractivity contribution in [2.24, 2.45) is 11.7 Å². The number of amides is 1. The van der Waals surface area contributed by atoms with Crippen LogP contribution in [0.5, 0.6) is 0 Å². The summed E-state index contributed by atoms with van der Waals surface area (Å²) >= 11 is 0. The van der Waals surface area contributed by atoms with Gasteiger partial charge in [-0.25, -0.2) is 0 Å². The summed E-state index contributed by atoms with van der Waals surface area (Å²) in [5.74, 6) is -0.803. The first-order chi connectivity index (χ1) is 9.95. The zero-order valence-corrected chi connectivity index (χ0v) is 12.3. The van der Waals surface area contributed by atoms with E-state index in [9.17, 15) is 9.59 Å². The average molecular weight is 290 g/mol. The summed E-state index contributed by atoms with van der Waals surface area (Å²) in [6, 6.07) is 5.55. The topological polar surface area (TPSA) is 83.6 Å². The molecule has 114 valence electrons. The molecule has 1 aliphatic rings. The Bertz CT molecular complexity index is 534. The molecule has 0 bridgehead atoms. The molecule has 0 atom stereocenters. The molecular weight excluding hydrogens is 268 g/mol. The SMILES string of the molecule is Cc1cc(C(N)=O)ccc1CN1CCC(CC(=O)O)CC1. The first-order valence-corrected chi connectivity index (χ1v) is 7.29. The number of primary amides is 1. The zero-order valence-electron chi connectivity index (χ0n) is 12.3. The molecule has 1 aromatic carbocycles. The van der Waals surface area contributed by atoms with Crippen LogP contribution in [0.2, 0.25) is 0 Å². The smallest absolute Gasteiger partial charge is 0.303 e. The van der Waals surface area contributed by atoms with E-state index in [-0.39, 0.29) is 6.42 Å². The number of likely N-dealkylation sites (tertiary alicyclic amines) is 1. The summed E-state index contributed by atoms with van der Waals surface area (Å²) in [5.41, 5.74) is 8.07. The summed E-state index contributed by atoms with van der Waals surface area (Å²) in [6.45, 7) is 4.67. The fourth-order valence-corrected chi connectivity index (χ4v) is 2.86. The Morgan fingerprint density at radius 2 is 2.00 bits per heavy atom. The summed E-state index contributed by atoms with van der Waals surface area (Å²) in [4.78, 5) is 24.2. The minimum atomic E-state index is -0.702. The van der Waals surface area contributed by atoms with E-state index in [0.717, 1.165) is 38.0 Å². The van der Waals surface area contributed by atoms with E-state index in [1.54, 1.807) is 6.07 Å². The number of carbonyl (C=O) groups is 2. The Morgan fingerprint density at radius 3 is 2.52 bits per heavy atom. The van der Waals surface area contributed by atoms with Gasteiger partial charge in [-0.3, -0.25) is 14.5 Å². The molecule has 0 saturated carbocycles. The summed E-state index contributed by atoms with van der Waals surface area (Å²) in [6.07, 6.45) is 2.15. The number of hydrogen-bond acceptors (Lipinski definition) is 3. The van der Waals surface area contributed by atoms with Crippen LogP contribution in [0.25, 0.3) is 0 Å². The number of nitrogens with zero attached hydrogens (tertiary/aromatic N) is 1. The number of carboxylic acid groups (broad SMARTS) is 1. The zero-order chi connectivity index (χ0) is 15.4. The first-order valence-electron chi connectivity index (χ1n) is 7.29. The lowest BCUT2D eigenvalue weighted by Crippen LogP contribution is -2.34. The highest BCUT2D eigenvalue weighted by molar-refractivity contribution is 5.93. The Labute approximate surface area is 124 Å². The molecule has 1 fully saturated rings. The van der Waals surface area contributed by atoms with Crippen molar-refractivity contribution in [3.63, 3.8) is 0 Å². The molecule has 0 radical (unpaired) electrons. The molecule has 3 N–H and O–H groups in total. The lowest BCUT2D eigenvalue weighted by Gasteiger charge is -2.31. The van der Waals surface area contributed by atoms with Crippen molar-refractivity contribution in [1.82, 2.24) is 4.90 Å². The van der Waals surface area contributed by atoms with E-state index < -0.39 is 11.9 Å². The number of carbonyl (C=O) groups excluding carboxylic acids is 1. The molecule has 0 aliphatic carbocycles. The minimum absolute atomic E-state index is 0.278. The van der Waals surface area contributed by atoms with E-state index in [4.69, 9.17) is 10.8 Å². The molecule has 1 aliphatic heterocycles. The van der Waals surface area contributed by atoms with Gasteiger partial charge in [0.05, 0.1) is 0 Å². The molecule has 1 saturated heterocycles. The number of carboxylic acids is 1. The summed E-state index contributed by atoms with van der Waals surface area (Å²) in [5, 5.41) is 8.82. The van der Waals surface area contributed by atoms with Crippen molar-refractivity contribution >= 4 is 11.9 Å². The van der Waals surface area contributed by atoms with Gasteiger partial charge in [0.2, 0.25) is 5.91 Å². The molecule has 1 aromatic rings. The monoisotopic (exact) mass is 290 g/mol. The number of nitrogens with two attached hydrogens (primary N) is 1. The van der Waals surface area contributed by atoms with Crippen molar-refractivity contribution in [3.8, 4) is 0 Å². The second-order valence-electron chi connectivity index (χ2n) is 5.82. The van der Waals surface area contributed by atoms with Crippen molar-refractivity contribution < 1.29 is 14.7 Å². The van der Waals surface area contributed by atoms with Gasteiger partial charge in [-0.15, -0.1) is 0 Å². The third-order valence-corrected chi connectivity index (χ3v) is 4.19. The van der Waals surface area contributed by atoms with Crippen LogP contribution in [0.15, 0.2) is 18.2 Å².